The van der Waals surface area contributed by atoms with Gasteiger partial charge in [-0.2, -0.15) is 0 Å². The Bertz CT molecular complexity index is 2530. The highest BCUT2D eigenvalue weighted by Crippen LogP contribution is 2.38. The lowest BCUT2D eigenvalue weighted by Gasteiger charge is -2.05. The summed E-state index contributed by atoms with van der Waals surface area (Å²) in [6, 6.07) is 10.8. The third kappa shape index (κ3) is 15.6. The first-order valence-corrected chi connectivity index (χ1v) is 20.8. The molecule has 19 nitrogen and oxygen atoms in total. The zero-order valence-corrected chi connectivity index (χ0v) is 35.3. The van der Waals surface area contributed by atoms with Gasteiger partial charge in [0.25, 0.3) is 0 Å². The van der Waals surface area contributed by atoms with Gasteiger partial charge in [-0.1, -0.05) is 19.0 Å². The van der Waals surface area contributed by atoms with Crippen LogP contribution in [0.2, 0.25) is 5.02 Å². The van der Waals surface area contributed by atoms with Crippen molar-refractivity contribution < 1.29 is 91.9 Å². The van der Waals surface area contributed by atoms with E-state index in [1.165, 1.54) is 30.3 Å². The zero-order chi connectivity index (χ0) is 48.0. The maximum Gasteiger partial charge on any atom is 0.179 e. The van der Waals surface area contributed by atoms with Gasteiger partial charge in [0.05, 0.1) is 5.02 Å². The van der Waals surface area contributed by atoms with Crippen LogP contribution in [0.3, 0.4) is 0 Å². The number of benzene rings is 5. The van der Waals surface area contributed by atoms with Crippen LogP contribution in [0.25, 0.3) is 0 Å². The molecule has 0 radical (unpaired) electrons. The quantitative estimate of drug-likeness (QED) is 0.0703. The van der Waals surface area contributed by atoms with Crippen LogP contribution in [-0.2, 0) is 19.7 Å². The fourth-order valence-electron chi connectivity index (χ4n) is 4.52. The Morgan fingerprint density at radius 1 is 0.397 bits per heavy atom. The fraction of sp³-hybridized carbons (Fsp3) is 0.146. The van der Waals surface area contributed by atoms with Crippen molar-refractivity contribution >= 4 is 62.7 Å². The number of sulfone groups is 2. The molecule has 63 heavy (non-hydrogen) atoms. The highest BCUT2D eigenvalue weighted by atomic mass is 35.5. The highest BCUT2D eigenvalue weighted by molar-refractivity contribution is 7.91. The molecular weight excluding hydrogens is 896 g/mol. The SMILES string of the molecule is C.CS(=O)(=O)c1cc(C=O)cc(O)c1O.CS(=O)(=O)c1cc(C=O)cc(O)c1O.Cc1cc(C=O)c(Cl)c(O)c1O.Cc1cc(C=O)cc(O)c1O.Cc1cc(C=O)cc(O)c1O. The summed E-state index contributed by atoms with van der Waals surface area (Å²) in [4.78, 5) is 50.6. The molecule has 0 aromatic heterocycles. The van der Waals surface area contributed by atoms with Crippen LogP contribution in [0.1, 0.15) is 75.9 Å². The van der Waals surface area contributed by atoms with Crippen molar-refractivity contribution in [1.29, 1.82) is 0 Å². The van der Waals surface area contributed by atoms with Crippen molar-refractivity contribution in [3.8, 4) is 57.5 Å². The molecule has 22 heteroatoms. The summed E-state index contributed by atoms with van der Waals surface area (Å²) in [6.07, 6.45) is 4.26. The topological polar surface area (TPSA) is 356 Å². The second-order valence-corrected chi connectivity index (χ2v) is 17.0. The van der Waals surface area contributed by atoms with Gasteiger partial charge in [-0.3, -0.25) is 24.0 Å². The minimum atomic E-state index is -3.66. The molecule has 5 aromatic rings. The van der Waals surface area contributed by atoms with Crippen LogP contribution in [0.4, 0.5) is 0 Å². The summed E-state index contributed by atoms with van der Waals surface area (Å²) < 4.78 is 44.3. The molecule has 0 saturated heterocycles. The predicted molar refractivity (Wildman–Crippen MR) is 228 cm³/mol. The fourth-order valence-corrected chi connectivity index (χ4v) is 6.32. The van der Waals surface area contributed by atoms with Crippen molar-refractivity contribution in [3.63, 3.8) is 0 Å². The first-order chi connectivity index (χ1) is 28.6. The summed E-state index contributed by atoms with van der Waals surface area (Å²) in [5.74, 6) is -4.32. The molecule has 5 aromatic carbocycles. The summed E-state index contributed by atoms with van der Waals surface area (Å²) in [7, 11) is -7.31. The van der Waals surface area contributed by atoms with Crippen molar-refractivity contribution in [1.82, 2.24) is 0 Å². The number of phenolic OH excluding ortho intramolecular Hbond substituents is 10. The molecule has 0 saturated carbocycles. The van der Waals surface area contributed by atoms with E-state index in [2.05, 4.69) is 0 Å². The number of aldehydes is 5. The van der Waals surface area contributed by atoms with E-state index in [1.807, 2.05) is 0 Å². The minimum Gasteiger partial charge on any atom is -0.504 e. The highest BCUT2D eigenvalue weighted by Gasteiger charge is 2.19. The Kier molecular flexibility index (Phi) is 20.8. The Morgan fingerprint density at radius 3 is 0.921 bits per heavy atom. The van der Waals surface area contributed by atoms with Crippen molar-refractivity contribution in [2.24, 2.45) is 0 Å². The third-order valence-corrected chi connectivity index (χ3v) is 10.3. The Labute approximate surface area is 365 Å². The van der Waals surface area contributed by atoms with Crippen LogP contribution in [0, 0.1) is 20.8 Å². The summed E-state index contributed by atoms with van der Waals surface area (Å²) >= 11 is 5.53. The number of hydrogen-bond acceptors (Lipinski definition) is 19. The Balaban J connectivity index is 0.000000762. The monoisotopic (exact) mass is 938 g/mol. The van der Waals surface area contributed by atoms with E-state index in [4.69, 9.17) is 52.5 Å². The number of rotatable bonds is 7. The van der Waals surface area contributed by atoms with Gasteiger partial charge in [0.2, 0.25) is 0 Å². The number of halogens is 1. The normalized spacial score (nSPS) is 10.2. The average molecular weight is 939 g/mol. The third-order valence-electron chi connectivity index (χ3n) is 7.66. The lowest BCUT2D eigenvalue weighted by molar-refractivity contribution is 0.111. The summed E-state index contributed by atoms with van der Waals surface area (Å²) in [5.41, 5.74) is 2.26. The molecular formula is C41H43ClO19S2. The first kappa shape index (κ1) is 55.6. The van der Waals surface area contributed by atoms with E-state index in [9.17, 15) is 51.0 Å². The number of aromatic hydroxyl groups is 10. The Morgan fingerprint density at radius 2 is 0.667 bits per heavy atom. The second kappa shape index (κ2) is 23.6. The smallest absolute Gasteiger partial charge is 0.179 e. The molecule has 0 atom stereocenters. The van der Waals surface area contributed by atoms with E-state index < -0.39 is 58.2 Å². The zero-order valence-electron chi connectivity index (χ0n) is 32.9. The Hall–Kier alpha value is -7.36. The molecule has 0 spiro atoms. The molecule has 0 amide bonds. The molecule has 0 fully saturated rings. The molecule has 340 valence electrons. The molecule has 0 aliphatic heterocycles. The largest absolute Gasteiger partial charge is 0.504 e. The van der Waals surface area contributed by atoms with E-state index in [-0.39, 0.29) is 57.9 Å². The molecule has 10 N–H and O–H groups in total. The number of carbonyl (C=O) groups excluding carboxylic acids is 5. The van der Waals surface area contributed by atoms with Crippen LogP contribution >= 0.6 is 11.6 Å². The van der Waals surface area contributed by atoms with Gasteiger partial charge in [0.1, 0.15) is 34.9 Å². The second-order valence-electron chi connectivity index (χ2n) is 12.6. The van der Waals surface area contributed by atoms with Gasteiger partial charge in [0.15, 0.2) is 83.5 Å². The van der Waals surface area contributed by atoms with Crippen LogP contribution in [-0.4, -0.2) is 112 Å². The van der Waals surface area contributed by atoms with Crippen molar-refractivity contribution in [3.05, 3.63) is 104 Å². The van der Waals surface area contributed by atoms with E-state index in [1.54, 1.807) is 20.8 Å². The van der Waals surface area contributed by atoms with E-state index >= 15 is 0 Å². The van der Waals surface area contributed by atoms with Crippen molar-refractivity contribution in [2.45, 2.75) is 38.0 Å². The van der Waals surface area contributed by atoms with Gasteiger partial charge in [-0.15, -0.1) is 0 Å². The molecule has 0 bridgehead atoms. The molecule has 0 aliphatic rings. The van der Waals surface area contributed by atoms with Gasteiger partial charge >= 0.3 is 0 Å². The van der Waals surface area contributed by atoms with E-state index in [0.717, 1.165) is 36.8 Å². The standard InChI is InChI=1S/C8H7ClO3.2C8H8O5S.2C8H8O3.CH4/c1-4-2-5(3-10)6(9)8(12)7(4)11;2*1-14(12,13)7-3-5(4-9)2-6(10)8(7)11;2*1-5-2-6(4-9)3-7(10)8(5)11;/h2-3,11-12H,1H3;2*2-4,10-11H,1H3;2*2-4,10-11H,1H3;1H4. The molecule has 5 rings (SSSR count). The van der Waals surface area contributed by atoms with E-state index in [0.29, 0.717) is 59.2 Å². The summed E-state index contributed by atoms with van der Waals surface area (Å²) in [6.45, 7) is 4.79. The van der Waals surface area contributed by atoms with Gasteiger partial charge < -0.3 is 51.1 Å². The number of phenols is 10. The number of hydrogen-bond donors (Lipinski definition) is 10. The van der Waals surface area contributed by atoms with Crippen LogP contribution < -0.4 is 0 Å². The lowest BCUT2D eigenvalue weighted by atomic mass is 10.1. The van der Waals surface area contributed by atoms with Crippen LogP contribution in [0.15, 0.2) is 64.4 Å². The van der Waals surface area contributed by atoms with Crippen molar-refractivity contribution in [2.75, 3.05) is 12.5 Å². The van der Waals surface area contributed by atoms with Gasteiger partial charge in [0, 0.05) is 40.3 Å². The molecule has 0 heterocycles. The van der Waals surface area contributed by atoms with Gasteiger partial charge in [-0.05, 0) is 92.1 Å². The lowest BCUT2D eigenvalue weighted by Crippen LogP contribution is -1.99. The maximum absolute atomic E-state index is 11.1. The number of carbonyl (C=O) groups is 5. The average Bonchev–Trinajstić information content (AvgIpc) is 3.21. The first-order valence-electron chi connectivity index (χ1n) is 16.6. The summed E-state index contributed by atoms with van der Waals surface area (Å²) in [5, 5.41) is 90.9. The minimum absolute atomic E-state index is 0. The predicted octanol–water partition coefficient (Wildman–Crippen LogP) is 5.57. The maximum atomic E-state index is 11.1. The van der Waals surface area contributed by atoms with Crippen LogP contribution in [0.5, 0.6) is 57.5 Å². The molecule has 0 unspecified atom stereocenters. The van der Waals surface area contributed by atoms with Gasteiger partial charge in [-0.25, -0.2) is 16.8 Å². The number of aryl methyl sites for hydroxylation is 3. The molecule has 0 aliphatic carbocycles.